The van der Waals surface area contributed by atoms with Gasteiger partial charge in [-0.1, -0.05) is 36.4 Å². The summed E-state index contributed by atoms with van der Waals surface area (Å²) in [5.74, 6) is -0.934. The van der Waals surface area contributed by atoms with Crippen molar-refractivity contribution in [2.75, 3.05) is 31.3 Å². The molecule has 0 bridgehead atoms. The minimum atomic E-state index is -0.410. The van der Waals surface area contributed by atoms with Crippen molar-refractivity contribution in [2.45, 2.75) is 26.3 Å². The van der Waals surface area contributed by atoms with Crippen molar-refractivity contribution in [1.82, 2.24) is 4.90 Å². The first-order valence-electron chi connectivity index (χ1n) is 11.9. The molecule has 0 atom stereocenters. The minimum absolute atomic E-state index is 0.227. The quantitative estimate of drug-likeness (QED) is 0.316. The van der Waals surface area contributed by atoms with Gasteiger partial charge in [-0.15, -0.1) is 0 Å². The van der Waals surface area contributed by atoms with Crippen molar-refractivity contribution in [3.63, 3.8) is 0 Å². The summed E-state index contributed by atoms with van der Waals surface area (Å²) in [6.45, 7) is 2.98. The van der Waals surface area contributed by atoms with Crippen LogP contribution in [0.1, 0.15) is 35.6 Å². The summed E-state index contributed by atoms with van der Waals surface area (Å²) in [5, 5.41) is 6.20. The molecular weight excluding hydrogens is 457 g/mol. The summed E-state index contributed by atoms with van der Waals surface area (Å²) in [7, 11) is 4.04. The van der Waals surface area contributed by atoms with Crippen LogP contribution in [0.2, 0.25) is 0 Å². The molecule has 0 aromatic heterocycles. The van der Waals surface area contributed by atoms with Crippen LogP contribution in [0, 0.1) is 5.82 Å². The Morgan fingerprint density at radius 3 is 2.36 bits per heavy atom. The molecule has 1 heterocycles. The molecule has 0 fully saturated rings. The van der Waals surface area contributed by atoms with E-state index < -0.39 is 5.82 Å². The van der Waals surface area contributed by atoms with Crippen molar-refractivity contribution in [2.24, 2.45) is 0 Å². The highest BCUT2D eigenvalue weighted by atomic mass is 19.1. The third-order valence-corrected chi connectivity index (χ3v) is 5.86. The zero-order valence-electron chi connectivity index (χ0n) is 20.7. The van der Waals surface area contributed by atoms with E-state index in [0.717, 1.165) is 23.4 Å². The number of halogens is 1. The van der Waals surface area contributed by atoms with E-state index >= 15 is 0 Å². The van der Waals surface area contributed by atoms with E-state index in [4.69, 9.17) is 4.74 Å². The summed E-state index contributed by atoms with van der Waals surface area (Å²) in [4.78, 5) is 26.9. The van der Waals surface area contributed by atoms with Crippen LogP contribution in [-0.2, 0) is 27.3 Å². The Kier molecular flexibility index (Phi) is 7.80. The Bertz CT molecular complexity index is 1280. The summed E-state index contributed by atoms with van der Waals surface area (Å²) in [6, 6.07) is 20.1. The van der Waals surface area contributed by atoms with Crippen LogP contribution < -0.4 is 10.6 Å². The van der Waals surface area contributed by atoms with Crippen LogP contribution in [0.3, 0.4) is 0 Å². The largest absolute Gasteiger partial charge is 0.466 e. The predicted molar refractivity (Wildman–Crippen MR) is 141 cm³/mol. The number of carbonyl (C=O) groups is 2. The van der Waals surface area contributed by atoms with Gasteiger partial charge in [0.2, 0.25) is 0 Å². The number of hydrogen-bond donors (Lipinski definition) is 2. The van der Waals surface area contributed by atoms with E-state index in [-0.39, 0.29) is 11.9 Å². The van der Waals surface area contributed by atoms with Gasteiger partial charge in [0.25, 0.3) is 5.91 Å². The molecule has 0 saturated carbocycles. The molecule has 3 aromatic rings. The molecule has 2 N–H and O–H groups in total. The molecule has 1 aliphatic heterocycles. The van der Waals surface area contributed by atoms with Crippen molar-refractivity contribution in [1.29, 1.82) is 0 Å². The number of rotatable bonds is 9. The van der Waals surface area contributed by atoms with Gasteiger partial charge in [-0.2, -0.15) is 0 Å². The van der Waals surface area contributed by atoms with Gasteiger partial charge in [0.05, 0.1) is 23.6 Å². The van der Waals surface area contributed by atoms with Gasteiger partial charge in [0.1, 0.15) is 5.82 Å². The number of carbonyl (C=O) groups excluding carboxylic acids is 2. The van der Waals surface area contributed by atoms with E-state index in [0.29, 0.717) is 42.0 Å². The number of hydrogen-bond acceptors (Lipinski definition) is 5. The summed E-state index contributed by atoms with van der Waals surface area (Å²) in [6.07, 6.45) is 0.869. The molecule has 186 valence electrons. The number of anilines is 2. The zero-order valence-corrected chi connectivity index (χ0v) is 20.7. The Morgan fingerprint density at radius 2 is 1.69 bits per heavy atom. The number of fused-ring (bicyclic) bond motifs is 1. The van der Waals surface area contributed by atoms with E-state index in [9.17, 15) is 14.0 Å². The SMILES string of the molecule is CCOC(=O)CCc1ccc(C(Nc2ccc(CN(C)C)cc2)=C2C(=O)Nc3cc(F)ccc32)cc1. The highest BCUT2D eigenvalue weighted by Crippen LogP contribution is 2.38. The standard InChI is InChI=1S/C29H30FN3O3/c1-4-36-26(34)16-9-19-5-10-21(11-6-19)28(31-23-13-7-20(8-14-23)18-33(2)3)27-24-15-12-22(30)17-25(24)32-29(27)35/h5-8,10-15,17,31H,4,9,16,18H2,1-3H3,(H,32,35). The Balaban J connectivity index is 1.69. The zero-order chi connectivity index (χ0) is 25.7. The topological polar surface area (TPSA) is 70.7 Å². The highest BCUT2D eigenvalue weighted by molar-refractivity contribution is 6.37. The molecule has 1 amide bonds. The van der Waals surface area contributed by atoms with Gasteiger partial charge in [0.15, 0.2) is 0 Å². The summed E-state index contributed by atoms with van der Waals surface area (Å²) >= 11 is 0. The first-order valence-corrected chi connectivity index (χ1v) is 11.9. The molecule has 3 aromatic carbocycles. The third-order valence-electron chi connectivity index (χ3n) is 5.86. The fourth-order valence-corrected chi connectivity index (χ4v) is 4.19. The highest BCUT2D eigenvalue weighted by Gasteiger charge is 2.28. The number of nitrogens with one attached hydrogen (secondary N) is 2. The second-order valence-corrected chi connectivity index (χ2v) is 8.96. The molecule has 0 unspecified atom stereocenters. The average Bonchev–Trinajstić information content (AvgIpc) is 3.17. The maximum Gasteiger partial charge on any atom is 0.306 e. The van der Waals surface area contributed by atoms with Crippen LogP contribution in [0.4, 0.5) is 15.8 Å². The van der Waals surface area contributed by atoms with Crippen molar-refractivity contribution in [3.05, 3.63) is 94.8 Å². The normalized spacial score (nSPS) is 13.9. The number of aryl methyl sites for hydroxylation is 1. The fraction of sp³-hybridized carbons (Fsp3) is 0.241. The molecule has 6 nitrogen and oxygen atoms in total. The lowest BCUT2D eigenvalue weighted by atomic mass is 9.98. The molecule has 0 radical (unpaired) electrons. The van der Waals surface area contributed by atoms with E-state index in [1.165, 1.54) is 17.7 Å². The molecule has 0 saturated heterocycles. The lowest BCUT2D eigenvalue weighted by molar-refractivity contribution is -0.143. The first-order chi connectivity index (χ1) is 17.3. The number of benzene rings is 3. The molecule has 0 spiro atoms. The Hall–Kier alpha value is -3.97. The van der Waals surface area contributed by atoms with Crippen LogP contribution in [0.15, 0.2) is 66.7 Å². The molecule has 36 heavy (non-hydrogen) atoms. The van der Waals surface area contributed by atoms with Crippen molar-refractivity contribution >= 4 is 34.5 Å². The smallest absolute Gasteiger partial charge is 0.306 e. The summed E-state index contributed by atoms with van der Waals surface area (Å²) in [5.41, 5.74) is 5.94. The fourth-order valence-electron chi connectivity index (χ4n) is 4.19. The molecule has 0 aliphatic carbocycles. The van der Waals surface area contributed by atoms with E-state index in [2.05, 4.69) is 15.5 Å². The van der Waals surface area contributed by atoms with Crippen LogP contribution in [-0.4, -0.2) is 37.5 Å². The van der Waals surface area contributed by atoms with Crippen molar-refractivity contribution in [3.8, 4) is 0 Å². The first kappa shape index (κ1) is 25.1. The summed E-state index contributed by atoms with van der Waals surface area (Å²) < 4.78 is 18.8. The van der Waals surface area contributed by atoms with Gasteiger partial charge < -0.3 is 20.3 Å². The molecule has 7 heteroatoms. The van der Waals surface area contributed by atoms with Gasteiger partial charge in [0, 0.05) is 24.2 Å². The maximum atomic E-state index is 13.8. The third kappa shape index (κ3) is 5.98. The predicted octanol–water partition coefficient (Wildman–Crippen LogP) is 5.32. The van der Waals surface area contributed by atoms with Crippen LogP contribution in [0.25, 0.3) is 11.3 Å². The number of esters is 1. The maximum absolute atomic E-state index is 13.8. The average molecular weight is 488 g/mol. The number of ether oxygens (including phenoxy) is 1. The van der Waals surface area contributed by atoms with Gasteiger partial charge in [-0.3, -0.25) is 9.59 Å². The Morgan fingerprint density at radius 1 is 1.00 bits per heavy atom. The van der Waals surface area contributed by atoms with E-state index in [1.807, 2.05) is 62.6 Å². The second kappa shape index (κ2) is 11.2. The van der Waals surface area contributed by atoms with E-state index in [1.54, 1.807) is 13.0 Å². The molecular formula is C29H30FN3O3. The minimum Gasteiger partial charge on any atom is -0.466 e. The monoisotopic (exact) mass is 487 g/mol. The van der Waals surface area contributed by atoms with Crippen LogP contribution in [0.5, 0.6) is 0 Å². The molecule has 1 aliphatic rings. The second-order valence-electron chi connectivity index (χ2n) is 8.96. The lowest BCUT2D eigenvalue weighted by Crippen LogP contribution is -2.11. The number of nitrogens with zero attached hydrogens (tertiary/aromatic N) is 1. The van der Waals surface area contributed by atoms with Gasteiger partial charge in [-0.05, 0) is 74.5 Å². The van der Waals surface area contributed by atoms with Gasteiger partial charge in [-0.25, -0.2) is 4.39 Å². The number of amides is 1. The van der Waals surface area contributed by atoms with Crippen LogP contribution >= 0.6 is 0 Å². The van der Waals surface area contributed by atoms with Crippen molar-refractivity contribution < 1.29 is 18.7 Å². The lowest BCUT2D eigenvalue weighted by Gasteiger charge is -2.16. The Labute approximate surface area is 210 Å². The van der Waals surface area contributed by atoms with Gasteiger partial charge >= 0.3 is 5.97 Å². The molecule has 4 rings (SSSR count).